The number of aryl methyl sites for hydroxylation is 1. The first-order valence-electron chi connectivity index (χ1n) is 24.6. The number of hydrogen-bond donors (Lipinski definition) is 4. The maximum atomic E-state index is 14.9. The average Bonchev–Trinajstić information content (AvgIpc) is 3.96. The SMILES string of the molecule is CCc1nc2[nH]cc(F)c2cc1Oc1cc(N2CCC3(CC2)CN([C@@H]2CCC[C@@H]2c2ccccc2C(C)C)C3)ccc1C(=O)NS(=O)(=O)c1cc2c(c([N+](=O)[O-])c1)N[C@@H](C1CCC(C)(O)CC1)CO2. The third-order valence-corrected chi connectivity index (χ3v) is 17.2. The van der Waals surface area contributed by atoms with Gasteiger partial charge in [0.05, 0.1) is 38.1 Å². The van der Waals surface area contributed by atoms with Gasteiger partial charge >= 0.3 is 0 Å². The van der Waals surface area contributed by atoms with Gasteiger partial charge in [0, 0.05) is 62.3 Å². The van der Waals surface area contributed by atoms with Crippen molar-refractivity contribution in [2.75, 3.05) is 43.0 Å². The van der Waals surface area contributed by atoms with Gasteiger partial charge in [0.15, 0.2) is 11.4 Å². The van der Waals surface area contributed by atoms with Gasteiger partial charge in [-0.1, -0.05) is 51.5 Å². The van der Waals surface area contributed by atoms with Gasteiger partial charge in [0.1, 0.15) is 29.6 Å². The summed E-state index contributed by atoms with van der Waals surface area (Å²) in [6, 6.07) is 17.8. The van der Waals surface area contributed by atoms with Crippen molar-refractivity contribution in [1.82, 2.24) is 19.6 Å². The molecule has 5 aliphatic rings. The van der Waals surface area contributed by atoms with Gasteiger partial charge in [-0.25, -0.2) is 22.5 Å². The van der Waals surface area contributed by atoms with Crippen molar-refractivity contribution in [2.45, 2.75) is 126 Å². The molecule has 10 rings (SSSR count). The van der Waals surface area contributed by atoms with Gasteiger partial charge < -0.3 is 29.8 Å². The largest absolute Gasteiger partial charge is 0.489 e. The highest BCUT2D eigenvalue weighted by molar-refractivity contribution is 7.90. The number of H-pyrrole nitrogens is 1. The van der Waals surface area contributed by atoms with E-state index in [9.17, 15) is 32.8 Å². The average molecular weight is 964 g/mol. The monoisotopic (exact) mass is 963 g/mol. The van der Waals surface area contributed by atoms with Crippen LogP contribution < -0.4 is 24.4 Å². The number of aromatic amines is 1. The number of nitro benzene ring substituents is 1. The maximum Gasteiger partial charge on any atom is 0.297 e. The van der Waals surface area contributed by atoms with Crippen molar-refractivity contribution in [3.05, 3.63) is 105 Å². The quantitative estimate of drug-likeness (QED) is 0.0685. The lowest BCUT2D eigenvalue weighted by Crippen LogP contribution is -2.63. The second kappa shape index (κ2) is 18.2. The number of amides is 1. The zero-order valence-corrected chi connectivity index (χ0v) is 40.5. The molecule has 366 valence electrons. The van der Waals surface area contributed by atoms with E-state index in [2.05, 4.69) is 67.9 Å². The van der Waals surface area contributed by atoms with E-state index in [1.165, 1.54) is 54.8 Å². The van der Waals surface area contributed by atoms with Crippen LogP contribution in [-0.4, -0.2) is 89.7 Å². The number of carbonyl (C=O) groups excluding carboxylic acids is 1. The predicted octanol–water partition coefficient (Wildman–Crippen LogP) is 9.56. The van der Waals surface area contributed by atoms with E-state index in [1.54, 1.807) is 19.1 Å². The summed E-state index contributed by atoms with van der Waals surface area (Å²) in [6.45, 7) is 12.1. The van der Waals surface area contributed by atoms with E-state index in [4.69, 9.17) is 9.47 Å². The number of nitrogens with one attached hydrogen (secondary N) is 3. The predicted molar refractivity (Wildman–Crippen MR) is 262 cm³/mol. The number of hydrogen-bond acceptors (Lipinski definition) is 12. The maximum absolute atomic E-state index is 14.9. The Morgan fingerprint density at radius 3 is 2.52 bits per heavy atom. The number of aromatic nitrogens is 2. The molecule has 15 nitrogen and oxygen atoms in total. The number of ether oxygens (including phenoxy) is 2. The number of nitrogens with zero attached hydrogens (tertiary/aromatic N) is 4. The van der Waals surface area contributed by atoms with Crippen LogP contribution in [0, 0.1) is 27.3 Å². The van der Waals surface area contributed by atoms with Gasteiger partial charge in [0.2, 0.25) is 0 Å². The van der Waals surface area contributed by atoms with Crippen molar-refractivity contribution < 1.29 is 37.1 Å². The molecular weight excluding hydrogens is 902 g/mol. The van der Waals surface area contributed by atoms with Crippen LogP contribution in [0.2, 0.25) is 0 Å². The molecule has 1 spiro atoms. The summed E-state index contributed by atoms with van der Waals surface area (Å²) in [5.74, 6) is -0.220. The number of aliphatic hydroxyl groups is 1. The van der Waals surface area contributed by atoms with Crippen molar-refractivity contribution >= 4 is 44.0 Å². The number of piperidine rings is 1. The Labute approximate surface area is 402 Å². The van der Waals surface area contributed by atoms with Crippen LogP contribution in [0.1, 0.15) is 124 Å². The number of nitro groups is 1. The Morgan fingerprint density at radius 2 is 1.80 bits per heavy atom. The molecule has 69 heavy (non-hydrogen) atoms. The van der Waals surface area contributed by atoms with Crippen LogP contribution >= 0.6 is 0 Å². The third kappa shape index (κ3) is 9.13. The molecule has 17 heteroatoms. The minimum atomic E-state index is -4.73. The van der Waals surface area contributed by atoms with Crippen LogP contribution in [0.25, 0.3) is 11.0 Å². The first-order chi connectivity index (χ1) is 33.0. The fourth-order valence-corrected chi connectivity index (χ4v) is 12.9. The molecule has 3 aromatic carbocycles. The van der Waals surface area contributed by atoms with Crippen LogP contribution in [0.3, 0.4) is 0 Å². The molecule has 0 unspecified atom stereocenters. The van der Waals surface area contributed by atoms with E-state index in [0.29, 0.717) is 61.3 Å². The highest BCUT2D eigenvalue weighted by atomic mass is 32.2. The Balaban J connectivity index is 0.883. The lowest BCUT2D eigenvalue weighted by Gasteiger charge is -2.57. The minimum absolute atomic E-state index is 0.0236. The molecule has 2 saturated heterocycles. The molecule has 1 amide bonds. The van der Waals surface area contributed by atoms with Crippen molar-refractivity contribution in [1.29, 1.82) is 0 Å². The third-order valence-electron chi connectivity index (χ3n) is 15.9. The molecule has 2 aliphatic carbocycles. The number of sulfonamides is 1. The summed E-state index contributed by atoms with van der Waals surface area (Å²) in [7, 11) is -4.73. The fourth-order valence-electron chi connectivity index (χ4n) is 11.9. The number of likely N-dealkylation sites (tertiary alicyclic amines) is 1. The highest BCUT2D eigenvalue weighted by Crippen LogP contribution is 2.49. The molecule has 5 heterocycles. The normalized spacial score (nSPS) is 24.7. The summed E-state index contributed by atoms with van der Waals surface area (Å²) in [5.41, 5.74) is 3.47. The fraction of sp³-hybridized carbons (Fsp3) is 0.500. The first-order valence-corrected chi connectivity index (χ1v) is 26.1. The smallest absolute Gasteiger partial charge is 0.297 e. The topological polar surface area (TPSA) is 192 Å². The van der Waals surface area contributed by atoms with Gasteiger partial charge in [-0.05, 0) is 117 Å². The second-order valence-corrected chi connectivity index (χ2v) is 22.5. The summed E-state index contributed by atoms with van der Waals surface area (Å²) in [5, 5.41) is 26.3. The summed E-state index contributed by atoms with van der Waals surface area (Å²) >= 11 is 0. The lowest BCUT2D eigenvalue weighted by atomic mass is 9.70. The molecule has 3 atom stereocenters. The second-order valence-electron chi connectivity index (χ2n) is 20.8. The zero-order chi connectivity index (χ0) is 48.4. The molecule has 0 bridgehead atoms. The molecule has 2 aromatic heterocycles. The Bertz CT molecular complexity index is 2900. The molecule has 2 saturated carbocycles. The Kier molecular flexibility index (Phi) is 12.4. The van der Waals surface area contributed by atoms with Crippen LogP contribution in [0.5, 0.6) is 17.2 Å². The molecule has 5 aromatic rings. The van der Waals surface area contributed by atoms with Crippen LogP contribution in [0.4, 0.5) is 21.5 Å². The summed E-state index contributed by atoms with van der Waals surface area (Å²) in [4.78, 5) is 37.9. The van der Waals surface area contributed by atoms with E-state index in [-0.39, 0.29) is 57.9 Å². The molecule has 3 aliphatic heterocycles. The van der Waals surface area contributed by atoms with E-state index in [1.807, 2.05) is 6.92 Å². The van der Waals surface area contributed by atoms with Crippen LogP contribution in [0.15, 0.2) is 71.8 Å². The number of pyridine rings is 1. The number of fused-ring (bicyclic) bond motifs is 2. The first kappa shape index (κ1) is 46.9. The Hall–Kier alpha value is -5.78. The molecule has 4 N–H and O–H groups in total. The number of carbonyl (C=O) groups is 1. The van der Waals surface area contributed by atoms with Crippen molar-refractivity contribution in [2.24, 2.45) is 11.3 Å². The van der Waals surface area contributed by atoms with Crippen molar-refractivity contribution in [3.8, 4) is 17.2 Å². The molecule has 4 fully saturated rings. The van der Waals surface area contributed by atoms with Gasteiger partial charge in [-0.15, -0.1) is 0 Å². The number of rotatable bonds is 12. The lowest BCUT2D eigenvalue weighted by molar-refractivity contribution is -0.384. The number of halogens is 1. The van der Waals surface area contributed by atoms with E-state index in [0.717, 1.165) is 50.8 Å². The van der Waals surface area contributed by atoms with E-state index < -0.39 is 42.9 Å². The molecular formula is C52H62FN7O8S. The van der Waals surface area contributed by atoms with E-state index >= 15 is 0 Å². The zero-order valence-electron chi connectivity index (χ0n) is 39.7. The summed E-state index contributed by atoms with van der Waals surface area (Å²) in [6.07, 6.45) is 9.85. The van der Waals surface area contributed by atoms with Gasteiger partial charge in [-0.2, -0.15) is 0 Å². The standard InChI is InChI=1S/C52H62FN7O8S/c1-5-41-46(26-39-40(53)27-54-49(39)56-41)68-45-23-33(58-21-19-52(20-22-58)29-59(30-52)43-12-8-11-37(43)36-10-7-6-9-35(36)31(2)3)13-14-38(45)50(61)57-69(65,66)34-24-44(60(63)64)48-47(25-34)67-28-42(55-48)32-15-17-51(4,62)18-16-32/h6-7,9-10,13-14,23-27,31-32,37,42-43,55,62H,5,8,11-12,15-22,28-30H2,1-4H3,(H,54,56)(H,57,61)/t32?,37-,42-,43-,51?/m1/s1. The molecule has 0 radical (unpaired) electrons. The van der Waals surface area contributed by atoms with Gasteiger partial charge in [0.25, 0.3) is 21.6 Å². The minimum Gasteiger partial charge on any atom is -0.489 e. The number of anilines is 2. The summed E-state index contributed by atoms with van der Waals surface area (Å²) < 4.78 is 57.6. The van der Waals surface area contributed by atoms with Crippen LogP contribution in [-0.2, 0) is 16.4 Å². The Morgan fingerprint density at radius 1 is 1.04 bits per heavy atom. The number of benzene rings is 3. The highest BCUT2D eigenvalue weighted by Gasteiger charge is 2.49. The van der Waals surface area contributed by atoms with Crippen molar-refractivity contribution in [3.63, 3.8) is 0 Å². The van der Waals surface area contributed by atoms with Gasteiger partial charge in [-0.3, -0.25) is 19.8 Å².